The molecule has 0 spiro atoms. The van der Waals surface area contributed by atoms with Gasteiger partial charge in [0.05, 0.1) is 6.10 Å². The highest BCUT2D eigenvalue weighted by molar-refractivity contribution is 5.96. The lowest BCUT2D eigenvalue weighted by atomic mass is 10.0. The van der Waals surface area contributed by atoms with E-state index in [1.54, 1.807) is 0 Å². The Hall–Kier alpha value is -1.15. The van der Waals surface area contributed by atoms with Crippen LogP contribution in [0.15, 0.2) is 30.3 Å². The molecule has 0 saturated heterocycles. The summed E-state index contributed by atoms with van der Waals surface area (Å²) in [4.78, 5) is 12.1. The molecule has 0 aromatic heterocycles. The van der Waals surface area contributed by atoms with Gasteiger partial charge in [0.25, 0.3) is 0 Å². The molecular weight excluding hydrogens is 344 g/mol. The average Bonchev–Trinajstić information content (AvgIpc) is 2.74. The van der Waals surface area contributed by atoms with E-state index in [4.69, 9.17) is 4.74 Å². The third kappa shape index (κ3) is 13.1. The van der Waals surface area contributed by atoms with Gasteiger partial charge in [0.15, 0.2) is 5.78 Å². The summed E-state index contributed by atoms with van der Waals surface area (Å²) in [6.07, 6.45) is 20.2. The van der Waals surface area contributed by atoms with Crippen LogP contribution in [0.25, 0.3) is 0 Å². The largest absolute Gasteiger partial charge is 0.370 e. The third-order valence-electron chi connectivity index (χ3n) is 5.63. The van der Waals surface area contributed by atoms with E-state index in [0.29, 0.717) is 0 Å². The van der Waals surface area contributed by atoms with Crippen LogP contribution in [0.4, 0.5) is 0 Å². The van der Waals surface area contributed by atoms with Crippen LogP contribution in [-0.4, -0.2) is 18.5 Å². The van der Waals surface area contributed by atoms with E-state index in [2.05, 4.69) is 13.8 Å². The van der Waals surface area contributed by atoms with Crippen molar-refractivity contribution in [2.24, 2.45) is 0 Å². The number of Topliss-reactive ketones (excluding diaryl/α,β-unsaturated/α-hetero) is 1. The normalized spacial score (nSPS) is 12.2. The molecule has 1 atom stereocenters. The number of rotatable bonds is 19. The zero-order valence-electron chi connectivity index (χ0n) is 18.6. The van der Waals surface area contributed by atoms with Crippen molar-refractivity contribution in [2.75, 3.05) is 6.61 Å². The van der Waals surface area contributed by atoms with Gasteiger partial charge in [-0.05, 0) is 12.8 Å². The van der Waals surface area contributed by atoms with Crippen molar-refractivity contribution >= 4 is 5.78 Å². The first kappa shape index (κ1) is 24.9. The van der Waals surface area contributed by atoms with Crippen LogP contribution < -0.4 is 0 Å². The molecule has 0 heterocycles. The highest BCUT2D eigenvalue weighted by Crippen LogP contribution is 2.15. The number of carbonyl (C=O) groups is 1. The van der Waals surface area contributed by atoms with Crippen LogP contribution in [0.1, 0.15) is 121 Å². The van der Waals surface area contributed by atoms with Gasteiger partial charge in [0.1, 0.15) is 6.61 Å². The number of benzene rings is 1. The minimum Gasteiger partial charge on any atom is -0.370 e. The summed E-state index contributed by atoms with van der Waals surface area (Å²) >= 11 is 0. The first-order chi connectivity index (χ1) is 13.8. The summed E-state index contributed by atoms with van der Waals surface area (Å²) in [5, 5.41) is 0. The lowest BCUT2D eigenvalue weighted by Gasteiger charge is -2.15. The second kappa shape index (κ2) is 17.9. The maximum Gasteiger partial charge on any atom is 0.188 e. The van der Waals surface area contributed by atoms with Gasteiger partial charge in [0, 0.05) is 5.56 Å². The molecule has 0 aliphatic rings. The fraction of sp³-hybridized carbons (Fsp3) is 0.731. The molecule has 0 saturated carbocycles. The minimum atomic E-state index is 0.0874. The Morgan fingerprint density at radius 1 is 0.750 bits per heavy atom. The smallest absolute Gasteiger partial charge is 0.188 e. The molecule has 28 heavy (non-hydrogen) atoms. The average molecular weight is 389 g/mol. The van der Waals surface area contributed by atoms with Crippen molar-refractivity contribution in [3.05, 3.63) is 35.9 Å². The zero-order chi connectivity index (χ0) is 20.3. The second-order valence-corrected chi connectivity index (χ2v) is 8.16. The number of ketones is 1. The highest BCUT2D eigenvalue weighted by Gasteiger charge is 2.11. The standard InChI is InChI=1S/C26H44O2/c1-3-5-6-7-8-9-10-11-12-13-14-15-19-22-25(4-2)28-23-26(27)24-20-17-16-18-21-24/h16-18,20-21,25H,3-15,19,22-23H2,1-2H3. The molecule has 2 heteroatoms. The van der Waals surface area contributed by atoms with Crippen molar-refractivity contribution in [3.8, 4) is 0 Å². The minimum absolute atomic E-state index is 0.0874. The van der Waals surface area contributed by atoms with Crippen LogP contribution in [0, 0.1) is 0 Å². The summed E-state index contributed by atoms with van der Waals surface area (Å²) in [5.41, 5.74) is 0.748. The molecule has 1 aromatic rings. The third-order valence-corrected chi connectivity index (χ3v) is 5.63. The van der Waals surface area contributed by atoms with Gasteiger partial charge in [-0.1, -0.05) is 128 Å². The van der Waals surface area contributed by atoms with E-state index in [0.717, 1.165) is 18.4 Å². The quantitative estimate of drug-likeness (QED) is 0.176. The molecule has 0 aliphatic carbocycles. The zero-order valence-corrected chi connectivity index (χ0v) is 18.6. The number of carbonyl (C=O) groups excluding carboxylic acids is 1. The van der Waals surface area contributed by atoms with Gasteiger partial charge in [0.2, 0.25) is 0 Å². The SMILES string of the molecule is CCCCCCCCCCCCCCCC(CC)OCC(=O)c1ccccc1. The van der Waals surface area contributed by atoms with Crippen LogP contribution in [0.5, 0.6) is 0 Å². The molecule has 1 aromatic carbocycles. The molecular formula is C26H44O2. The van der Waals surface area contributed by atoms with Crippen molar-refractivity contribution in [2.45, 2.75) is 116 Å². The molecule has 2 nitrogen and oxygen atoms in total. The Kier molecular flexibility index (Phi) is 15.9. The topological polar surface area (TPSA) is 26.3 Å². The van der Waals surface area contributed by atoms with Crippen LogP contribution in [-0.2, 0) is 4.74 Å². The summed E-state index contributed by atoms with van der Waals surface area (Å²) in [7, 11) is 0. The van der Waals surface area contributed by atoms with Crippen LogP contribution in [0.2, 0.25) is 0 Å². The first-order valence-electron chi connectivity index (χ1n) is 12.0. The van der Waals surface area contributed by atoms with Crippen molar-refractivity contribution < 1.29 is 9.53 Å². The predicted molar refractivity (Wildman–Crippen MR) is 121 cm³/mol. The predicted octanol–water partition coefficient (Wildman–Crippen LogP) is 8.15. The Morgan fingerprint density at radius 2 is 1.25 bits per heavy atom. The lowest BCUT2D eigenvalue weighted by Crippen LogP contribution is -2.18. The molecule has 0 N–H and O–H groups in total. The maximum absolute atomic E-state index is 12.1. The number of hydrogen-bond acceptors (Lipinski definition) is 2. The summed E-state index contributed by atoms with van der Waals surface area (Å²) < 4.78 is 5.87. The van der Waals surface area contributed by atoms with Gasteiger partial charge in [-0.15, -0.1) is 0 Å². The maximum atomic E-state index is 12.1. The van der Waals surface area contributed by atoms with E-state index in [9.17, 15) is 4.79 Å². The van der Waals surface area contributed by atoms with E-state index in [-0.39, 0.29) is 18.5 Å². The lowest BCUT2D eigenvalue weighted by molar-refractivity contribution is 0.0388. The fourth-order valence-corrected chi connectivity index (χ4v) is 3.70. The summed E-state index contributed by atoms with van der Waals surface area (Å²) in [6, 6.07) is 9.45. The van der Waals surface area contributed by atoms with E-state index in [1.165, 1.54) is 83.5 Å². The van der Waals surface area contributed by atoms with E-state index < -0.39 is 0 Å². The molecule has 0 bridgehead atoms. The van der Waals surface area contributed by atoms with Gasteiger partial charge >= 0.3 is 0 Å². The molecule has 0 fully saturated rings. The molecule has 160 valence electrons. The number of ether oxygens (including phenoxy) is 1. The molecule has 1 rings (SSSR count). The first-order valence-corrected chi connectivity index (χ1v) is 12.0. The van der Waals surface area contributed by atoms with Gasteiger partial charge in [-0.25, -0.2) is 0 Å². The van der Waals surface area contributed by atoms with Gasteiger partial charge in [-0.3, -0.25) is 4.79 Å². The van der Waals surface area contributed by atoms with Crippen LogP contribution >= 0.6 is 0 Å². The number of unbranched alkanes of at least 4 members (excludes halogenated alkanes) is 12. The van der Waals surface area contributed by atoms with Gasteiger partial charge < -0.3 is 4.74 Å². The van der Waals surface area contributed by atoms with E-state index >= 15 is 0 Å². The number of hydrogen-bond donors (Lipinski definition) is 0. The van der Waals surface area contributed by atoms with Crippen molar-refractivity contribution in [1.82, 2.24) is 0 Å². The molecule has 0 aliphatic heterocycles. The monoisotopic (exact) mass is 388 g/mol. The highest BCUT2D eigenvalue weighted by atomic mass is 16.5. The Balaban J connectivity index is 1.93. The Morgan fingerprint density at radius 3 is 1.75 bits per heavy atom. The fourth-order valence-electron chi connectivity index (χ4n) is 3.70. The van der Waals surface area contributed by atoms with Gasteiger partial charge in [-0.2, -0.15) is 0 Å². The molecule has 1 unspecified atom stereocenters. The Labute approximate surface area is 174 Å². The van der Waals surface area contributed by atoms with Crippen molar-refractivity contribution in [3.63, 3.8) is 0 Å². The van der Waals surface area contributed by atoms with Crippen LogP contribution in [0.3, 0.4) is 0 Å². The Bertz CT molecular complexity index is 469. The summed E-state index contributed by atoms with van der Waals surface area (Å²) in [6.45, 7) is 4.64. The summed E-state index contributed by atoms with van der Waals surface area (Å²) in [5.74, 6) is 0.0874. The molecule has 0 amide bonds. The molecule has 0 radical (unpaired) electrons. The van der Waals surface area contributed by atoms with Crippen molar-refractivity contribution in [1.29, 1.82) is 0 Å². The second-order valence-electron chi connectivity index (χ2n) is 8.16. The van der Waals surface area contributed by atoms with E-state index in [1.807, 2.05) is 30.3 Å².